The van der Waals surface area contributed by atoms with Crippen molar-refractivity contribution in [2.24, 2.45) is 0 Å². The quantitative estimate of drug-likeness (QED) is 0.793. The van der Waals surface area contributed by atoms with Gasteiger partial charge in [0, 0.05) is 19.5 Å². The van der Waals surface area contributed by atoms with E-state index in [2.05, 4.69) is 6.07 Å². The maximum atomic E-state index is 11.9. The molecule has 4 heteroatoms. The van der Waals surface area contributed by atoms with Crippen molar-refractivity contribution >= 4 is 5.78 Å². The molecule has 18 heavy (non-hydrogen) atoms. The third-order valence-corrected chi connectivity index (χ3v) is 2.94. The summed E-state index contributed by atoms with van der Waals surface area (Å²) in [6.07, 6.45) is 0.0540. The Hall–Kier alpha value is -1.70. The summed E-state index contributed by atoms with van der Waals surface area (Å²) in [5.74, 6) is 0.180. The Labute approximate surface area is 107 Å². The van der Waals surface area contributed by atoms with E-state index in [0.717, 1.165) is 12.1 Å². The highest BCUT2D eigenvalue weighted by Crippen LogP contribution is 2.06. The van der Waals surface area contributed by atoms with Crippen molar-refractivity contribution in [1.82, 2.24) is 4.90 Å². The summed E-state index contributed by atoms with van der Waals surface area (Å²) in [6.45, 7) is 2.17. The molecule has 1 aliphatic rings. The summed E-state index contributed by atoms with van der Waals surface area (Å²) >= 11 is 0. The fourth-order valence-corrected chi connectivity index (χ4v) is 2.05. The number of ketones is 1. The van der Waals surface area contributed by atoms with Crippen LogP contribution in [0.15, 0.2) is 30.3 Å². The fraction of sp³-hybridized carbons (Fsp3) is 0.429. The highest BCUT2D eigenvalue weighted by molar-refractivity contribution is 5.82. The monoisotopic (exact) mass is 244 g/mol. The number of nitrogens with zero attached hydrogens (tertiary/aromatic N) is 2. The second-order valence-corrected chi connectivity index (χ2v) is 4.42. The SMILES string of the molecule is N#CC1CN(CC(=O)Cc2ccccc2)CCO1. The molecule has 0 N–H and O–H groups in total. The van der Waals surface area contributed by atoms with E-state index in [4.69, 9.17) is 10.00 Å². The van der Waals surface area contributed by atoms with Crippen LogP contribution in [0.1, 0.15) is 5.56 Å². The van der Waals surface area contributed by atoms with Crippen LogP contribution >= 0.6 is 0 Å². The molecule has 1 aromatic rings. The van der Waals surface area contributed by atoms with Crippen molar-refractivity contribution < 1.29 is 9.53 Å². The molecule has 94 valence electrons. The summed E-state index contributed by atoms with van der Waals surface area (Å²) in [5.41, 5.74) is 1.03. The molecule has 0 radical (unpaired) electrons. The van der Waals surface area contributed by atoms with Gasteiger partial charge >= 0.3 is 0 Å². The molecule has 0 saturated carbocycles. The van der Waals surface area contributed by atoms with E-state index in [1.807, 2.05) is 35.2 Å². The molecule has 1 fully saturated rings. The van der Waals surface area contributed by atoms with Crippen molar-refractivity contribution in [2.75, 3.05) is 26.2 Å². The summed E-state index contributed by atoms with van der Waals surface area (Å²) in [4.78, 5) is 13.9. The molecule has 0 aromatic heterocycles. The van der Waals surface area contributed by atoms with E-state index in [1.165, 1.54) is 0 Å². The summed E-state index contributed by atoms with van der Waals surface area (Å²) < 4.78 is 5.24. The van der Waals surface area contributed by atoms with Crippen LogP contribution in [-0.2, 0) is 16.0 Å². The zero-order valence-corrected chi connectivity index (χ0v) is 10.2. The second kappa shape index (κ2) is 6.29. The molecule has 1 saturated heterocycles. The van der Waals surface area contributed by atoms with Crippen LogP contribution in [0.2, 0.25) is 0 Å². The number of benzene rings is 1. The van der Waals surface area contributed by atoms with Gasteiger partial charge in [0.1, 0.15) is 0 Å². The van der Waals surface area contributed by atoms with Gasteiger partial charge in [-0.1, -0.05) is 30.3 Å². The van der Waals surface area contributed by atoms with Gasteiger partial charge in [-0.25, -0.2) is 0 Å². The molecule has 4 nitrogen and oxygen atoms in total. The highest BCUT2D eigenvalue weighted by atomic mass is 16.5. The van der Waals surface area contributed by atoms with Crippen molar-refractivity contribution in [3.63, 3.8) is 0 Å². The van der Waals surface area contributed by atoms with Gasteiger partial charge in [0.25, 0.3) is 0 Å². The van der Waals surface area contributed by atoms with E-state index in [0.29, 0.717) is 26.1 Å². The Balaban J connectivity index is 1.83. The minimum absolute atomic E-state index is 0.180. The van der Waals surface area contributed by atoms with Crippen LogP contribution in [0.25, 0.3) is 0 Å². The highest BCUT2D eigenvalue weighted by Gasteiger charge is 2.21. The average molecular weight is 244 g/mol. The van der Waals surface area contributed by atoms with Gasteiger partial charge in [-0.15, -0.1) is 0 Å². The molecule has 1 atom stereocenters. The van der Waals surface area contributed by atoms with Crippen LogP contribution in [0, 0.1) is 11.3 Å². The molecule has 1 unspecified atom stereocenters. The Morgan fingerprint density at radius 3 is 2.94 bits per heavy atom. The molecule has 1 aromatic carbocycles. The lowest BCUT2D eigenvalue weighted by Gasteiger charge is -2.28. The maximum Gasteiger partial charge on any atom is 0.156 e. The third-order valence-electron chi connectivity index (χ3n) is 2.94. The smallest absolute Gasteiger partial charge is 0.156 e. The largest absolute Gasteiger partial charge is 0.361 e. The molecule has 0 aliphatic carbocycles. The van der Waals surface area contributed by atoms with E-state index >= 15 is 0 Å². The Morgan fingerprint density at radius 2 is 2.22 bits per heavy atom. The van der Waals surface area contributed by atoms with E-state index in [1.54, 1.807) is 0 Å². The van der Waals surface area contributed by atoms with Crippen LogP contribution < -0.4 is 0 Å². The molecule has 1 heterocycles. The van der Waals surface area contributed by atoms with Gasteiger partial charge in [0.05, 0.1) is 19.2 Å². The number of hydrogen-bond donors (Lipinski definition) is 0. The van der Waals surface area contributed by atoms with Crippen molar-refractivity contribution in [3.05, 3.63) is 35.9 Å². The standard InChI is InChI=1S/C14H16N2O2/c15-9-14-11-16(6-7-18-14)10-13(17)8-12-4-2-1-3-5-12/h1-5,14H,6-8,10-11H2. The first-order valence-electron chi connectivity index (χ1n) is 6.07. The first kappa shape index (κ1) is 12.7. The van der Waals surface area contributed by atoms with Gasteiger partial charge < -0.3 is 4.74 Å². The number of rotatable bonds is 4. The lowest BCUT2D eigenvalue weighted by Crippen LogP contribution is -2.44. The summed E-state index contributed by atoms with van der Waals surface area (Å²) in [7, 11) is 0. The van der Waals surface area contributed by atoms with Crippen molar-refractivity contribution in [3.8, 4) is 6.07 Å². The van der Waals surface area contributed by atoms with Crippen LogP contribution in [0.3, 0.4) is 0 Å². The van der Waals surface area contributed by atoms with E-state index < -0.39 is 6.10 Å². The molecule has 0 spiro atoms. The maximum absolute atomic E-state index is 11.9. The number of Topliss-reactive ketones (excluding diaryl/α,β-unsaturated/α-hetero) is 1. The summed E-state index contributed by atoms with van der Waals surface area (Å²) in [5, 5.41) is 8.79. The zero-order chi connectivity index (χ0) is 12.8. The predicted molar refractivity (Wildman–Crippen MR) is 66.9 cm³/mol. The average Bonchev–Trinajstić information content (AvgIpc) is 2.40. The lowest BCUT2D eigenvalue weighted by atomic mass is 10.1. The third kappa shape index (κ3) is 3.66. The Kier molecular flexibility index (Phi) is 4.46. The molecule has 0 amide bonds. The lowest BCUT2D eigenvalue weighted by molar-refractivity contribution is -0.121. The van der Waals surface area contributed by atoms with E-state index in [9.17, 15) is 4.79 Å². The summed E-state index contributed by atoms with van der Waals surface area (Å²) in [6, 6.07) is 11.8. The van der Waals surface area contributed by atoms with Crippen molar-refractivity contribution in [2.45, 2.75) is 12.5 Å². The minimum Gasteiger partial charge on any atom is -0.361 e. The van der Waals surface area contributed by atoms with Crippen LogP contribution in [0.4, 0.5) is 0 Å². The molecule has 1 aliphatic heterocycles. The van der Waals surface area contributed by atoms with Gasteiger partial charge in [-0.05, 0) is 5.56 Å². The van der Waals surface area contributed by atoms with Crippen LogP contribution in [0.5, 0.6) is 0 Å². The topological polar surface area (TPSA) is 53.3 Å². The van der Waals surface area contributed by atoms with Gasteiger partial charge in [-0.3, -0.25) is 9.69 Å². The predicted octanol–water partition coefficient (Wildman–Crippen LogP) is 1.02. The Morgan fingerprint density at radius 1 is 1.44 bits per heavy atom. The van der Waals surface area contributed by atoms with Gasteiger partial charge in [0.2, 0.25) is 0 Å². The normalized spacial score (nSPS) is 20.3. The van der Waals surface area contributed by atoms with Gasteiger partial charge in [-0.2, -0.15) is 5.26 Å². The minimum atomic E-state index is -0.400. The first-order chi connectivity index (χ1) is 8.78. The van der Waals surface area contributed by atoms with Gasteiger partial charge in [0.15, 0.2) is 11.9 Å². The zero-order valence-electron chi connectivity index (χ0n) is 10.2. The number of carbonyl (C=O) groups is 1. The molecular weight excluding hydrogens is 228 g/mol. The molecular formula is C14H16N2O2. The second-order valence-electron chi connectivity index (χ2n) is 4.42. The molecule has 0 bridgehead atoms. The number of hydrogen-bond acceptors (Lipinski definition) is 4. The fourth-order valence-electron chi connectivity index (χ4n) is 2.05. The number of carbonyl (C=O) groups excluding carboxylic acids is 1. The van der Waals surface area contributed by atoms with E-state index in [-0.39, 0.29) is 5.78 Å². The molecule has 2 rings (SSSR count). The van der Waals surface area contributed by atoms with Crippen molar-refractivity contribution in [1.29, 1.82) is 5.26 Å². The van der Waals surface area contributed by atoms with Crippen LogP contribution in [-0.4, -0.2) is 43.0 Å². The number of morpholine rings is 1. The number of ether oxygens (including phenoxy) is 1. The number of nitriles is 1. The first-order valence-corrected chi connectivity index (χ1v) is 6.07. The Bertz CT molecular complexity index is 439.